The lowest BCUT2D eigenvalue weighted by Crippen LogP contribution is -2.07. The molecule has 5 heteroatoms. The van der Waals surface area contributed by atoms with Gasteiger partial charge in [0.2, 0.25) is 0 Å². The number of aromatic nitrogens is 1. The summed E-state index contributed by atoms with van der Waals surface area (Å²) in [5.74, 6) is -0.628. The lowest BCUT2D eigenvalue weighted by atomic mass is 10.1. The third kappa shape index (κ3) is 2.66. The predicted molar refractivity (Wildman–Crippen MR) is 74.6 cm³/mol. The maximum Gasteiger partial charge on any atom is 0.337 e. The monoisotopic (exact) mass is 275 g/mol. The first-order chi connectivity index (χ1) is 9.56. The van der Waals surface area contributed by atoms with Crippen molar-refractivity contribution in [3.63, 3.8) is 0 Å². The Bertz CT molecular complexity index is 657. The van der Waals surface area contributed by atoms with Crippen LogP contribution in [-0.4, -0.2) is 30.2 Å². The second kappa shape index (κ2) is 5.77. The fourth-order valence-electron chi connectivity index (χ4n) is 2.22. The molecule has 0 spiro atoms. The van der Waals surface area contributed by atoms with Gasteiger partial charge in [-0.15, -0.1) is 0 Å². The summed E-state index contributed by atoms with van der Waals surface area (Å²) in [5, 5.41) is 0.938. The number of carbonyl (C=O) groups excluding carboxylic acids is 2. The molecule has 5 nitrogen and oxygen atoms in total. The molecule has 0 aliphatic carbocycles. The molecule has 106 valence electrons. The highest BCUT2D eigenvalue weighted by Gasteiger charge is 2.13. The summed E-state index contributed by atoms with van der Waals surface area (Å²) in [5.41, 5.74) is 2.26. The number of hydrogen-bond donors (Lipinski definition) is 0. The summed E-state index contributed by atoms with van der Waals surface area (Å²) < 4.78 is 11.6. The van der Waals surface area contributed by atoms with Gasteiger partial charge in [-0.05, 0) is 24.6 Å². The number of nitrogens with zero attached hydrogens (tertiary/aromatic N) is 1. The van der Waals surface area contributed by atoms with Gasteiger partial charge in [0.15, 0.2) is 0 Å². The van der Waals surface area contributed by atoms with Crippen LogP contribution in [-0.2, 0) is 27.7 Å². The van der Waals surface area contributed by atoms with Crippen LogP contribution < -0.4 is 0 Å². The third-order valence-corrected chi connectivity index (χ3v) is 3.13. The van der Waals surface area contributed by atoms with Crippen molar-refractivity contribution in [2.75, 3.05) is 13.7 Å². The van der Waals surface area contributed by atoms with Crippen molar-refractivity contribution in [1.29, 1.82) is 0 Å². The molecule has 1 aromatic heterocycles. The molecule has 0 saturated carbocycles. The molecule has 0 saturated heterocycles. The van der Waals surface area contributed by atoms with E-state index in [1.165, 1.54) is 7.11 Å². The molecule has 0 N–H and O–H groups in total. The van der Waals surface area contributed by atoms with Gasteiger partial charge in [-0.3, -0.25) is 4.79 Å². The van der Waals surface area contributed by atoms with E-state index in [4.69, 9.17) is 9.47 Å². The van der Waals surface area contributed by atoms with Crippen molar-refractivity contribution < 1.29 is 19.1 Å². The fourth-order valence-corrected chi connectivity index (χ4v) is 2.22. The van der Waals surface area contributed by atoms with Crippen LogP contribution in [0.1, 0.15) is 22.8 Å². The van der Waals surface area contributed by atoms with Gasteiger partial charge >= 0.3 is 11.9 Å². The summed E-state index contributed by atoms with van der Waals surface area (Å²) >= 11 is 0. The zero-order valence-corrected chi connectivity index (χ0v) is 11.8. The molecule has 20 heavy (non-hydrogen) atoms. The van der Waals surface area contributed by atoms with Gasteiger partial charge in [-0.2, -0.15) is 0 Å². The van der Waals surface area contributed by atoms with Crippen LogP contribution in [0.25, 0.3) is 10.9 Å². The Morgan fingerprint density at radius 1 is 1.30 bits per heavy atom. The van der Waals surface area contributed by atoms with Crippen molar-refractivity contribution in [2.45, 2.75) is 13.3 Å². The molecule has 1 heterocycles. The van der Waals surface area contributed by atoms with E-state index in [-0.39, 0.29) is 18.4 Å². The van der Waals surface area contributed by atoms with Gasteiger partial charge in [-0.1, -0.05) is 6.07 Å². The SMILES string of the molecule is CCOC(=O)Cc1cn(C)c2cc(C(=O)OC)ccc12. The van der Waals surface area contributed by atoms with Gasteiger partial charge < -0.3 is 14.0 Å². The van der Waals surface area contributed by atoms with E-state index in [0.717, 1.165) is 16.5 Å². The Labute approximate surface area is 117 Å². The van der Waals surface area contributed by atoms with Gasteiger partial charge in [0.05, 0.1) is 25.7 Å². The third-order valence-electron chi connectivity index (χ3n) is 3.13. The fraction of sp³-hybridized carbons (Fsp3) is 0.333. The number of fused-ring (bicyclic) bond motifs is 1. The van der Waals surface area contributed by atoms with Crippen LogP contribution in [0.3, 0.4) is 0 Å². The highest BCUT2D eigenvalue weighted by Crippen LogP contribution is 2.23. The van der Waals surface area contributed by atoms with Gasteiger partial charge in [0.1, 0.15) is 0 Å². The largest absolute Gasteiger partial charge is 0.466 e. The number of carbonyl (C=O) groups is 2. The molecular weight excluding hydrogens is 258 g/mol. The minimum atomic E-state index is -0.375. The second-order valence-corrected chi connectivity index (χ2v) is 4.47. The molecule has 2 aromatic rings. The summed E-state index contributed by atoms with van der Waals surface area (Å²) in [7, 11) is 3.22. The molecule has 1 aromatic carbocycles. The molecule has 0 bridgehead atoms. The quantitative estimate of drug-likeness (QED) is 0.801. The molecule has 2 rings (SSSR count). The molecule has 0 fully saturated rings. The van der Waals surface area contributed by atoms with Crippen LogP contribution in [0.2, 0.25) is 0 Å². The lowest BCUT2D eigenvalue weighted by Gasteiger charge is -2.02. The highest BCUT2D eigenvalue weighted by molar-refractivity contribution is 5.96. The molecule has 0 amide bonds. The summed E-state index contributed by atoms with van der Waals surface area (Å²) in [4.78, 5) is 23.1. The first-order valence-corrected chi connectivity index (χ1v) is 6.38. The van der Waals surface area contributed by atoms with Crippen LogP contribution in [0.5, 0.6) is 0 Å². The number of methoxy groups -OCH3 is 1. The van der Waals surface area contributed by atoms with Crippen molar-refractivity contribution in [1.82, 2.24) is 4.57 Å². The van der Waals surface area contributed by atoms with E-state index in [1.54, 1.807) is 19.1 Å². The Morgan fingerprint density at radius 2 is 2.05 bits per heavy atom. The molecule has 0 atom stereocenters. The minimum Gasteiger partial charge on any atom is -0.466 e. The normalized spacial score (nSPS) is 10.6. The van der Waals surface area contributed by atoms with Crippen LogP contribution >= 0.6 is 0 Å². The smallest absolute Gasteiger partial charge is 0.337 e. The van der Waals surface area contributed by atoms with Crippen molar-refractivity contribution in [3.8, 4) is 0 Å². The van der Waals surface area contributed by atoms with Crippen LogP contribution in [0.15, 0.2) is 24.4 Å². The second-order valence-electron chi connectivity index (χ2n) is 4.47. The average molecular weight is 275 g/mol. The topological polar surface area (TPSA) is 57.5 Å². The standard InChI is InChI=1S/C15H17NO4/c1-4-20-14(17)8-11-9-16(2)13-7-10(15(18)19-3)5-6-12(11)13/h5-7,9H,4,8H2,1-3H3. The first kappa shape index (κ1) is 14.1. The molecule has 0 unspecified atom stereocenters. The van der Waals surface area contributed by atoms with E-state index < -0.39 is 0 Å². The number of aryl methyl sites for hydroxylation is 1. The maximum absolute atomic E-state index is 11.6. The van der Waals surface area contributed by atoms with E-state index in [9.17, 15) is 9.59 Å². The summed E-state index contributed by atoms with van der Waals surface area (Å²) in [6, 6.07) is 5.29. The summed E-state index contributed by atoms with van der Waals surface area (Å²) in [6.45, 7) is 2.15. The zero-order chi connectivity index (χ0) is 14.7. The first-order valence-electron chi connectivity index (χ1n) is 6.38. The number of rotatable bonds is 4. The number of benzene rings is 1. The Kier molecular flexibility index (Phi) is 4.08. The van der Waals surface area contributed by atoms with Crippen molar-refractivity contribution in [3.05, 3.63) is 35.5 Å². The van der Waals surface area contributed by atoms with Crippen LogP contribution in [0.4, 0.5) is 0 Å². The predicted octanol–water partition coefficient (Wildman–Crippen LogP) is 2.07. The maximum atomic E-state index is 11.6. The molecule has 0 aliphatic heterocycles. The van der Waals surface area contributed by atoms with Gasteiger partial charge in [0.25, 0.3) is 0 Å². The lowest BCUT2D eigenvalue weighted by molar-refractivity contribution is -0.142. The zero-order valence-electron chi connectivity index (χ0n) is 11.8. The Hall–Kier alpha value is -2.30. The minimum absolute atomic E-state index is 0.225. The number of esters is 2. The van der Waals surface area contributed by atoms with E-state index in [0.29, 0.717) is 12.2 Å². The van der Waals surface area contributed by atoms with Crippen molar-refractivity contribution in [2.24, 2.45) is 7.05 Å². The van der Waals surface area contributed by atoms with Crippen molar-refractivity contribution >= 4 is 22.8 Å². The number of ether oxygens (including phenoxy) is 2. The Morgan fingerprint density at radius 3 is 2.70 bits per heavy atom. The number of hydrogen-bond acceptors (Lipinski definition) is 4. The molecule has 0 radical (unpaired) electrons. The summed E-state index contributed by atoms with van der Waals surface area (Å²) in [6.07, 6.45) is 2.10. The van der Waals surface area contributed by atoms with Crippen LogP contribution in [0, 0.1) is 0 Å². The van der Waals surface area contributed by atoms with E-state index >= 15 is 0 Å². The molecule has 0 aliphatic rings. The Balaban J connectivity index is 2.39. The average Bonchev–Trinajstić information content (AvgIpc) is 2.74. The van der Waals surface area contributed by atoms with E-state index in [1.807, 2.05) is 23.9 Å². The van der Waals surface area contributed by atoms with Gasteiger partial charge in [-0.25, -0.2) is 4.79 Å². The highest BCUT2D eigenvalue weighted by atomic mass is 16.5. The molecular formula is C15H17NO4. The van der Waals surface area contributed by atoms with E-state index in [2.05, 4.69) is 0 Å². The van der Waals surface area contributed by atoms with Gasteiger partial charge in [0, 0.05) is 24.1 Å².